The molecule has 0 aliphatic carbocycles. The van der Waals surface area contributed by atoms with Crippen LogP contribution in [0.15, 0.2) is 60.8 Å². The van der Waals surface area contributed by atoms with E-state index < -0.39 is 0 Å². The number of amides is 2. The zero-order valence-electron chi connectivity index (χ0n) is 11.6. The van der Waals surface area contributed by atoms with Gasteiger partial charge in [0.2, 0.25) is 0 Å². The van der Waals surface area contributed by atoms with Crippen LogP contribution in [0.2, 0.25) is 0 Å². The quantitative estimate of drug-likeness (QED) is 0.805. The first kappa shape index (κ1) is 13.2. The average molecular weight is 279 g/mol. The predicted molar refractivity (Wildman–Crippen MR) is 85.2 cm³/mol. The summed E-state index contributed by atoms with van der Waals surface area (Å²) in [6.07, 6.45) is 0.843. The number of benzene rings is 2. The molecule has 0 fully saturated rings. The van der Waals surface area contributed by atoms with Crippen molar-refractivity contribution < 1.29 is 4.79 Å². The Morgan fingerprint density at radius 1 is 1.19 bits per heavy atom. The highest BCUT2D eigenvalue weighted by molar-refractivity contribution is 5.90. The summed E-state index contributed by atoms with van der Waals surface area (Å²) in [5.41, 5.74) is 5.04. The van der Waals surface area contributed by atoms with Crippen LogP contribution in [-0.4, -0.2) is 6.03 Å². The maximum Gasteiger partial charge on any atom is 0.319 e. The zero-order chi connectivity index (χ0) is 14.7. The lowest BCUT2D eigenvalue weighted by atomic mass is 10.1. The molecule has 21 heavy (non-hydrogen) atoms. The molecular formula is C17H17N3O. The summed E-state index contributed by atoms with van der Waals surface area (Å²) in [6, 6.07) is 15.4. The van der Waals surface area contributed by atoms with Gasteiger partial charge in [0, 0.05) is 30.0 Å². The molecule has 106 valence electrons. The lowest BCUT2D eigenvalue weighted by Gasteiger charge is -2.09. The van der Waals surface area contributed by atoms with E-state index >= 15 is 0 Å². The molecule has 0 aromatic heterocycles. The van der Waals surface area contributed by atoms with E-state index in [1.807, 2.05) is 48.5 Å². The molecular weight excluding hydrogens is 262 g/mol. The van der Waals surface area contributed by atoms with Crippen LogP contribution in [0, 0.1) is 0 Å². The van der Waals surface area contributed by atoms with Crippen molar-refractivity contribution in [2.45, 2.75) is 13.0 Å². The number of rotatable bonds is 3. The third-order valence-electron chi connectivity index (χ3n) is 3.38. The van der Waals surface area contributed by atoms with Crippen LogP contribution < -0.4 is 16.0 Å². The molecule has 0 saturated heterocycles. The maximum atomic E-state index is 11.9. The van der Waals surface area contributed by atoms with Gasteiger partial charge in [-0.05, 0) is 23.3 Å². The Kier molecular flexibility index (Phi) is 3.60. The van der Waals surface area contributed by atoms with Crippen LogP contribution in [0.3, 0.4) is 0 Å². The Hall–Kier alpha value is -2.75. The van der Waals surface area contributed by atoms with Gasteiger partial charge in [0.05, 0.1) is 0 Å². The molecule has 2 aromatic carbocycles. The van der Waals surface area contributed by atoms with Gasteiger partial charge in [-0.2, -0.15) is 0 Å². The topological polar surface area (TPSA) is 53.2 Å². The number of nitrogens with one attached hydrogen (secondary N) is 3. The number of urea groups is 1. The minimum absolute atomic E-state index is 0.212. The van der Waals surface area contributed by atoms with Crippen LogP contribution in [-0.2, 0) is 13.0 Å². The van der Waals surface area contributed by atoms with Crippen molar-refractivity contribution in [3.05, 3.63) is 71.9 Å². The molecule has 2 aromatic rings. The van der Waals surface area contributed by atoms with Gasteiger partial charge in [0.25, 0.3) is 0 Å². The van der Waals surface area contributed by atoms with Crippen LogP contribution in [0.25, 0.3) is 0 Å². The van der Waals surface area contributed by atoms with E-state index in [2.05, 4.69) is 22.5 Å². The standard InChI is InChI=1S/C17H17N3O/c1-12-9-14-7-8-15(10-16(14)19-12)20-17(21)18-11-13-5-3-2-4-6-13/h2-8,10,19H,1,9,11H2,(H2,18,20,21). The fraction of sp³-hybridized carbons (Fsp3) is 0.118. The van der Waals surface area contributed by atoms with E-state index in [-0.39, 0.29) is 6.03 Å². The van der Waals surface area contributed by atoms with E-state index in [9.17, 15) is 4.79 Å². The first-order valence-electron chi connectivity index (χ1n) is 6.87. The van der Waals surface area contributed by atoms with Crippen molar-refractivity contribution in [3.63, 3.8) is 0 Å². The summed E-state index contributed by atoms with van der Waals surface area (Å²) < 4.78 is 0. The van der Waals surface area contributed by atoms with Gasteiger partial charge in [0.15, 0.2) is 0 Å². The van der Waals surface area contributed by atoms with Gasteiger partial charge in [0.1, 0.15) is 0 Å². The van der Waals surface area contributed by atoms with Crippen LogP contribution in [0.1, 0.15) is 11.1 Å². The highest BCUT2D eigenvalue weighted by atomic mass is 16.2. The largest absolute Gasteiger partial charge is 0.359 e. The molecule has 3 rings (SSSR count). The number of hydrogen-bond acceptors (Lipinski definition) is 2. The highest BCUT2D eigenvalue weighted by Crippen LogP contribution is 2.29. The van der Waals surface area contributed by atoms with E-state index in [1.165, 1.54) is 5.56 Å². The van der Waals surface area contributed by atoms with Gasteiger partial charge >= 0.3 is 6.03 Å². The lowest BCUT2D eigenvalue weighted by molar-refractivity contribution is 0.251. The number of hydrogen-bond donors (Lipinski definition) is 3. The van der Waals surface area contributed by atoms with Crippen molar-refractivity contribution in [2.75, 3.05) is 10.6 Å². The van der Waals surface area contributed by atoms with E-state index in [1.54, 1.807) is 0 Å². The van der Waals surface area contributed by atoms with Crippen molar-refractivity contribution in [2.24, 2.45) is 0 Å². The van der Waals surface area contributed by atoms with Crippen LogP contribution in [0.5, 0.6) is 0 Å². The molecule has 0 spiro atoms. The Bertz CT molecular complexity index is 680. The highest BCUT2D eigenvalue weighted by Gasteiger charge is 2.13. The smallest absolute Gasteiger partial charge is 0.319 e. The average Bonchev–Trinajstić information content (AvgIpc) is 2.85. The number of carbonyl (C=O) groups excluding carboxylic acids is 1. The van der Waals surface area contributed by atoms with Gasteiger partial charge in [-0.3, -0.25) is 0 Å². The third kappa shape index (κ3) is 3.23. The van der Waals surface area contributed by atoms with Crippen molar-refractivity contribution >= 4 is 17.4 Å². The van der Waals surface area contributed by atoms with Gasteiger partial charge in [-0.1, -0.05) is 43.0 Å². The first-order valence-corrected chi connectivity index (χ1v) is 6.87. The molecule has 0 bridgehead atoms. The number of anilines is 2. The van der Waals surface area contributed by atoms with Crippen molar-refractivity contribution in [1.82, 2.24) is 5.32 Å². The lowest BCUT2D eigenvalue weighted by Crippen LogP contribution is -2.28. The van der Waals surface area contributed by atoms with Gasteiger partial charge in [-0.25, -0.2) is 4.79 Å². The monoisotopic (exact) mass is 279 g/mol. The Labute approximate surface area is 123 Å². The Balaban J connectivity index is 1.58. The number of fused-ring (bicyclic) bond motifs is 1. The SMILES string of the molecule is C=C1Cc2ccc(NC(=O)NCc3ccccc3)cc2N1. The maximum absolute atomic E-state index is 11.9. The molecule has 1 heterocycles. The van der Waals surface area contributed by atoms with E-state index in [0.29, 0.717) is 6.54 Å². The molecule has 0 radical (unpaired) electrons. The van der Waals surface area contributed by atoms with E-state index in [0.717, 1.165) is 29.1 Å². The summed E-state index contributed by atoms with van der Waals surface area (Å²) in [7, 11) is 0. The predicted octanol–water partition coefficient (Wildman–Crippen LogP) is 3.49. The summed E-state index contributed by atoms with van der Waals surface area (Å²) in [6.45, 7) is 4.42. The molecule has 4 heteroatoms. The molecule has 0 unspecified atom stereocenters. The third-order valence-corrected chi connectivity index (χ3v) is 3.38. The minimum Gasteiger partial charge on any atom is -0.359 e. The Morgan fingerprint density at radius 3 is 2.81 bits per heavy atom. The number of carbonyl (C=O) groups is 1. The Morgan fingerprint density at radius 2 is 2.00 bits per heavy atom. The molecule has 1 aliphatic rings. The van der Waals surface area contributed by atoms with Crippen LogP contribution in [0.4, 0.5) is 16.2 Å². The number of allylic oxidation sites excluding steroid dienone is 1. The summed E-state index contributed by atoms with van der Waals surface area (Å²) in [4.78, 5) is 11.9. The molecule has 0 atom stereocenters. The van der Waals surface area contributed by atoms with Crippen LogP contribution >= 0.6 is 0 Å². The van der Waals surface area contributed by atoms with Gasteiger partial charge in [-0.15, -0.1) is 0 Å². The second-order valence-electron chi connectivity index (χ2n) is 5.07. The first-order chi connectivity index (χ1) is 10.2. The fourth-order valence-electron chi connectivity index (χ4n) is 2.34. The summed E-state index contributed by atoms with van der Waals surface area (Å²) >= 11 is 0. The molecule has 2 amide bonds. The second-order valence-corrected chi connectivity index (χ2v) is 5.07. The van der Waals surface area contributed by atoms with E-state index in [4.69, 9.17) is 0 Å². The molecule has 4 nitrogen and oxygen atoms in total. The minimum atomic E-state index is -0.212. The molecule has 3 N–H and O–H groups in total. The zero-order valence-corrected chi connectivity index (χ0v) is 11.6. The second kappa shape index (κ2) is 5.71. The normalized spacial score (nSPS) is 12.5. The molecule has 0 saturated carbocycles. The summed E-state index contributed by atoms with van der Waals surface area (Å²) in [5, 5.41) is 8.88. The van der Waals surface area contributed by atoms with Crippen molar-refractivity contribution in [3.8, 4) is 0 Å². The summed E-state index contributed by atoms with van der Waals surface area (Å²) in [5.74, 6) is 0. The molecule has 1 aliphatic heterocycles. The fourth-order valence-corrected chi connectivity index (χ4v) is 2.34. The van der Waals surface area contributed by atoms with Gasteiger partial charge < -0.3 is 16.0 Å². The van der Waals surface area contributed by atoms with Crippen molar-refractivity contribution in [1.29, 1.82) is 0 Å².